The molecule has 2 heterocycles. The van der Waals surface area contributed by atoms with Gasteiger partial charge < -0.3 is 9.72 Å². The van der Waals surface area contributed by atoms with Crippen LogP contribution in [0, 0.1) is 5.82 Å². The van der Waals surface area contributed by atoms with Gasteiger partial charge in [-0.05, 0) is 46.3 Å². The van der Waals surface area contributed by atoms with Gasteiger partial charge in [0.25, 0.3) is 0 Å². The molecule has 0 saturated heterocycles. The highest BCUT2D eigenvalue weighted by Crippen LogP contribution is 2.20. The van der Waals surface area contributed by atoms with Crippen LogP contribution >= 0.6 is 15.9 Å². The predicted octanol–water partition coefficient (Wildman–Crippen LogP) is 3.85. The molecule has 96 valence electrons. The molecule has 0 radical (unpaired) electrons. The van der Waals surface area contributed by atoms with Crippen LogP contribution in [0.25, 0.3) is 5.65 Å². The van der Waals surface area contributed by atoms with Crippen molar-refractivity contribution in [1.82, 2.24) is 9.38 Å². The summed E-state index contributed by atoms with van der Waals surface area (Å²) in [6.07, 6.45) is 3.81. The van der Waals surface area contributed by atoms with Gasteiger partial charge in [0.15, 0.2) is 0 Å². The maximum Gasteiger partial charge on any atom is 0.137 e. The summed E-state index contributed by atoms with van der Waals surface area (Å²) in [5, 5.41) is 3.25. The fourth-order valence-electron chi connectivity index (χ4n) is 1.91. The third-order valence-corrected chi connectivity index (χ3v) is 3.49. The van der Waals surface area contributed by atoms with E-state index in [4.69, 9.17) is 0 Å². The van der Waals surface area contributed by atoms with Crippen molar-refractivity contribution >= 4 is 27.3 Å². The number of imidazole rings is 1. The molecule has 0 bridgehead atoms. The van der Waals surface area contributed by atoms with Crippen molar-refractivity contribution in [1.29, 1.82) is 0 Å². The highest BCUT2D eigenvalue weighted by Gasteiger charge is 2.03. The Morgan fingerprint density at radius 3 is 3.00 bits per heavy atom. The van der Waals surface area contributed by atoms with Crippen LogP contribution in [0.15, 0.2) is 53.3 Å². The van der Waals surface area contributed by atoms with Crippen molar-refractivity contribution in [2.75, 3.05) is 5.32 Å². The summed E-state index contributed by atoms with van der Waals surface area (Å²) in [6.45, 7) is 0.628. The lowest BCUT2D eigenvalue weighted by molar-refractivity contribution is 0.621. The third-order valence-electron chi connectivity index (χ3n) is 2.89. The van der Waals surface area contributed by atoms with E-state index >= 15 is 0 Å². The van der Waals surface area contributed by atoms with Crippen LogP contribution in [0.2, 0.25) is 0 Å². The van der Waals surface area contributed by atoms with Crippen LogP contribution in [0.4, 0.5) is 10.1 Å². The molecular formula is C14H11BrFN3. The van der Waals surface area contributed by atoms with Crippen LogP contribution in [0.5, 0.6) is 0 Å². The van der Waals surface area contributed by atoms with Gasteiger partial charge in [0.05, 0.1) is 22.9 Å². The smallest absolute Gasteiger partial charge is 0.137 e. The van der Waals surface area contributed by atoms with Crippen molar-refractivity contribution < 1.29 is 4.39 Å². The number of aromatic nitrogens is 2. The quantitative estimate of drug-likeness (QED) is 0.794. The van der Waals surface area contributed by atoms with Gasteiger partial charge in [-0.15, -0.1) is 0 Å². The molecule has 0 amide bonds. The molecule has 2 aromatic heterocycles. The number of pyridine rings is 1. The number of anilines is 1. The van der Waals surface area contributed by atoms with E-state index in [-0.39, 0.29) is 5.82 Å². The van der Waals surface area contributed by atoms with Crippen LogP contribution in [-0.4, -0.2) is 9.38 Å². The molecule has 0 aliphatic rings. The average molecular weight is 320 g/mol. The Bertz CT molecular complexity index is 724. The van der Waals surface area contributed by atoms with Crippen molar-refractivity contribution in [3.63, 3.8) is 0 Å². The number of hydrogen-bond donors (Lipinski definition) is 1. The van der Waals surface area contributed by atoms with Gasteiger partial charge in [-0.25, -0.2) is 9.37 Å². The number of hydrogen-bond acceptors (Lipinski definition) is 2. The number of halogens is 2. The largest absolute Gasteiger partial charge is 0.379 e. The van der Waals surface area contributed by atoms with E-state index in [0.29, 0.717) is 11.0 Å². The molecule has 0 spiro atoms. The summed E-state index contributed by atoms with van der Waals surface area (Å²) in [5.41, 5.74) is 2.83. The summed E-state index contributed by atoms with van der Waals surface area (Å²) < 4.78 is 15.6. The zero-order valence-corrected chi connectivity index (χ0v) is 11.6. The van der Waals surface area contributed by atoms with Gasteiger partial charge >= 0.3 is 0 Å². The van der Waals surface area contributed by atoms with E-state index < -0.39 is 0 Å². The topological polar surface area (TPSA) is 29.3 Å². The Balaban J connectivity index is 1.80. The summed E-state index contributed by atoms with van der Waals surface area (Å²) >= 11 is 3.17. The second-order valence-electron chi connectivity index (χ2n) is 4.16. The first-order valence-corrected chi connectivity index (χ1v) is 6.63. The van der Waals surface area contributed by atoms with Crippen molar-refractivity contribution in [3.8, 4) is 0 Å². The molecule has 1 aromatic carbocycles. The number of fused-ring (bicyclic) bond motifs is 1. The van der Waals surface area contributed by atoms with Crippen molar-refractivity contribution in [2.45, 2.75) is 6.54 Å². The molecule has 0 unspecified atom stereocenters. The number of benzene rings is 1. The molecule has 0 saturated carbocycles. The summed E-state index contributed by atoms with van der Waals surface area (Å²) in [5.74, 6) is -0.264. The van der Waals surface area contributed by atoms with Gasteiger partial charge in [-0.3, -0.25) is 0 Å². The van der Waals surface area contributed by atoms with Crippen LogP contribution in [-0.2, 0) is 6.54 Å². The Hall–Kier alpha value is -1.88. The van der Waals surface area contributed by atoms with E-state index in [1.165, 1.54) is 6.07 Å². The molecular weight excluding hydrogens is 309 g/mol. The maximum atomic E-state index is 13.1. The highest BCUT2D eigenvalue weighted by atomic mass is 79.9. The Morgan fingerprint density at radius 2 is 2.16 bits per heavy atom. The van der Waals surface area contributed by atoms with Crippen molar-refractivity contribution in [3.05, 3.63) is 64.8 Å². The SMILES string of the molecule is Fc1ccc(NCc2cnc3ccccn23)cc1Br. The van der Waals surface area contributed by atoms with Gasteiger partial charge in [-0.2, -0.15) is 0 Å². The first-order chi connectivity index (χ1) is 9.24. The second-order valence-corrected chi connectivity index (χ2v) is 5.02. The van der Waals surface area contributed by atoms with Gasteiger partial charge in [0.2, 0.25) is 0 Å². The van der Waals surface area contributed by atoms with E-state index in [2.05, 4.69) is 26.2 Å². The molecule has 19 heavy (non-hydrogen) atoms. The van der Waals surface area contributed by atoms with E-state index in [1.807, 2.05) is 35.0 Å². The number of rotatable bonds is 3. The zero-order valence-electron chi connectivity index (χ0n) is 9.98. The molecule has 0 fully saturated rings. The lowest BCUT2D eigenvalue weighted by atomic mass is 10.3. The normalized spacial score (nSPS) is 10.8. The molecule has 3 rings (SSSR count). The minimum Gasteiger partial charge on any atom is -0.379 e. The molecule has 0 atom stereocenters. The Labute approximate surface area is 118 Å². The van der Waals surface area contributed by atoms with E-state index in [9.17, 15) is 4.39 Å². The minimum absolute atomic E-state index is 0.264. The average Bonchev–Trinajstić information content (AvgIpc) is 2.83. The van der Waals surface area contributed by atoms with E-state index in [0.717, 1.165) is 17.0 Å². The zero-order chi connectivity index (χ0) is 13.2. The Kier molecular flexibility index (Phi) is 3.21. The molecule has 3 nitrogen and oxygen atoms in total. The summed E-state index contributed by atoms with van der Waals surface area (Å²) in [4.78, 5) is 4.32. The summed E-state index contributed by atoms with van der Waals surface area (Å²) in [6, 6.07) is 10.7. The number of nitrogens with zero attached hydrogens (tertiary/aromatic N) is 2. The van der Waals surface area contributed by atoms with Gasteiger partial charge in [0.1, 0.15) is 11.5 Å². The first-order valence-electron chi connectivity index (χ1n) is 5.84. The fraction of sp³-hybridized carbons (Fsp3) is 0.0714. The Morgan fingerprint density at radius 1 is 1.26 bits per heavy atom. The molecule has 3 aromatic rings. The predicted molar refractivity (Wildman–Crippen MR) is 76.6 cm³/mol. The summed E-state index contributed by atoms with van der Waals surface area (Å²) in [7, 11) is 0. The molecule has 0 aliphatic carbocycles. The minimum atomic E-state index is -0.264. The van der Waals surface area contributed by atoms with Crippen LogP contribution in [0.1, 0.15) is 5.69 Å². The maximum absolute atomic E-state index is 13.1. The highest BCUT2D eigenvalue weighted by molar-refractivity contribution is 9.10. The number of nitrogens with one attached hydrogen (secondary N) is 1. The van der Waals surface area contributed by atoms with Gasteiger partial charge in [0, 0.05) is 11.9 Å². The van der Waals surface area contributed by atoms with Crippen molar-refractivity contribution in [2.24, 2.45) is 0 Å². The molecule has 5 heteroatoms. The van der Waals surface area contributed by atoms with Crippen LogP contribution in [0.3, 0.4) is 0 Å². The lowest BCUT2D eigenvalue weighted by Crippen LogP contribution is -2.02. The monoisotopic (exact) mass is 319 g/mol. The fourth-order valence-corrected chi connectivity index (χ4v) is 2.29. The lowest BCUT2D eigenvalue weighted by Gasteiger charge is -2.07. The van der Waals surface area contributed by atoms with E-state index in [1.54, 1.807) is 12.1 Å². The third kappa shape index (κ3) is 2.46. The van der Waals surface area contributed by atoms with Gasteiger partial charge in [-0.1, -0.05) is 6.07 Å². The first kappa shape index (κ1) is 12.2. The molecule has 0 aliphatic heterocycles. The standard InChI is InChI=1S/C14H11BrFN3/c15-12-7-10(4-5-13(12)16)17-8-11-9-18-14-3-1-2-6-19(11)14/h1-7,9,17H,8H2. The molecule has 1 N–H and O–H groups in total. The second kappa shape index (κ2) is 5.01. The van der Waals surface area contributed by atoms with Crippen LogP contribution < -0.4 is 5.32 Å².